The Morgan fingerprint density at radius 3 is 2.70 bits per heavy atom. The van der Waals surface area contributed by atoms with Crippen molar-refractivity contribution in [2.24, 2.45) is 0 Å². The van der Waals surface area contributed by atoms with Crippen molar-refractivity contribution >= 4 is 18.1 Å². The Morgan fingerprint density at radius 2 is 2.00 bits per heavy atom. The van der Waals surface area contributed by atoms with Gasteiger partial charge in [0.2, 0.25) is 5.91 Å². The molecule has 5 nitrogen and oxygen atoms in total. The summed E-state index contributed by atoms with van der Waals surface area (Å²) in [6, 6.07) is 14.1. The van der Waals surface area contributed by atoms with E-state index in [1.807, 2.05) is 35.8 Å². The molecule has 0 unspecified atom stereocenters. The van der Waals surface area contributed by atoms with Crippen molar-refractivity contribution in [3.05, 3.63) is 70.2 Å². The second-order valence-electron chi connectivity index (χ2n) is 6.50. The average molecular weight is 384 g/mol. The molecule has 27 heavy (non-hydrogen) atoms. The minimum absolute atomic E-state index is 0.0161. The lowest BCUT2D eigenvalue weighted by Gasteiger charge is -2.17. The molecule has 140 valence electrons. The number of aryl methyl sites for hydroxylation is 1. The molecule has 3 rings (SSSR count). The molecule has 0 atom stereocenters. The van der Waals surface area contributed by atoms with Crippen LogP contribution in [0.25, 0.3) is 11.4 Å². The lowest BCUT2D eigenvalue weighted by atomic mass is 10.1. The molecule has 0 saturated heterocycles. The highest BCUT2D eigenvalue weighted by atomic mass is 32.1. The molecule has 7 heteroatoms. The number of hydrogen-bond donors (Lipinski definition) is 1. The fourth-order valence-corrected chi connectivity index (χ4v) is 3.10. The van der Waals surface area contributed by atoms with Gasteiger partial charge in [-0.05, 0) is 42.9 Å². The van der Waals surface area contributed by atoms with E-state index in [2.05, 4.69) is 10.2 Å². The lowest BCUT2D eigenvalue weighted by Crippen LogP contribution is -2.27. The molecule has 1 aromatic heterocycles. The van der Waals surface area contributed by atoms with Gasteiger partial charge >= 0.3 is 0 Å². The summed E-state index contributed by atoms with van der Waals surface area (Å²) in [6.07, 6.45) is 0.296. The molecule has 1 heterocycles. The van der Waals surface area contributed by atoms with Crippen LogP contribution in [0, 0.1) is 17.5 Å². The second kappa shape index (κ2) is 8.26. The first-order valence-corrected chi connectivity index (χ1v) is 9.05. The van der Waals surface area contributed by atoms with Gasteiger partial charge in [-0.15, -0.1) is 0 Å². The number of rotatable bonds is 6. The number of halogens is 1. The van der Waals surface area contributed by atoms with E-state index < -0.39 is 0 Å². The Kier molecular flexibility index (Phi) is 5.81. The van der Waals surface area contributed by atoms with E-state index in [9.17, 15) is 9.18 Å². The Hall–Kier alpha value is -2.80. The Bertz CT molecular complexity index is 994. The van der Waals surface area contributed by atoms with Crippen LogP contribution in [-0.2, 0) is 17.9 Å². The predicted octanol–water partition coefficient (Wildman–Crippen LogP) is 4.10. The molecular formula is C20H21FN4OS. The summed E-state index contributed by atoms with van der Waals surface area (Å²) in [6.45, 7) is 2.88. The number of aromatic amines is 1. The van der Waals surface area contributed by atoms with Gasteiger partial charge in [-0.1, -0.05) is 35.9 Å². The van der Waals surface area contributed by atoms with Crippen molar-refractivity contribution in [1.29, 1.82) is 0 Å². The molecule has 0 radical (unpaired) electrons. The third kappa shape index (κ3) is 4.68. The van der Waals surface area contributed by atoms with Crippen LogP contribution < -0.4 is 0 Å². The van der Waals surface area contributed by atoms with Gasteiger partial charge in [0.05, 0.1) is 0 Å². The molecule has 0 spiro atoms. The van der Waals surface area contributed by atoms with Crippen molar-refractivity contribution < 1.29 is 9.18 Å². The summed E-state index contributed by atoms with van der Waals surface area (Å²) in [4.78, 5) is 14.1. The zero-order valence-corrected chi connectivity index (χ0v) is 16.1. The smallest absolute Gasteiger partial charge is 0.224 e. The zero-order valence-electron chi connectivity index (χ0n) is 15.3. The minimum Gasteiger partial charge on any atom is -0.341 e. The summed E-state index contributed by atoms with van der Waals surface area (Å²) in [7, 11) is 1.74. The van der Waals surface area contributed by atoms with Crippen molar-refractivity contribution in [3.63, 3.8) is 0 Å². The van der Waals surface area contributed by atoms with Crippen molar-refractivity contribution in [2.45, 2.75) is 26.4 Å². The topological polar surface area (TPSA) is 53.9 Å². The van der Waals surface area contributed by atoms with Crippen molar-refractivity contribution in [3.8, 4) is 11.4 Å². The number of nitrogens with zero attached hydrogens (tertiary/aromatic N) is 3. The maximum absolute atomic E-state index is 13.0. The molecule has 0 bridgehead atoms. The first-order chi connectivity index (χ1) is 12.9. The highest BCUT2D eigenvalue weighted by Crippen LogP contribution is 2.19. The summed E-state index contributed by atoms with van der Waals surface area (Å²) < 4.78 is 15.3. The van der Waals surface area contributed by atoms with Crippen LogP contribution in [0.5, 0.6) is 0 Å². The molecule has 3 aromatic rings. The van der Waals surface area contributed by atoms with Gasteiger partial charge in [0.1, 0.15) is 5.82 Å². The van der Waals surface area contributed by atoms with Gasteiger partial charge in [0.25, 0.3) is 0 Å². The Labute approximate surface area is 162 Å². The fourth-order valence-electron chi connectivity index (χ4n) is 2.88. The van der Waals surface area contributed by atoms with Crippen LogP contribution in [-0.4, -0.2) is 32.6 Å². The van der Waals surface area contributed by atoms with Crippen LogP contribution in [0.2, 0.25) is 0 Å². The maximum Gasteiger partial charge on any atom is 0.224 e. The number of amides is 1. The van der Waals surface area contributed by atoms with Gasteiger partial charge in [-0.25, -0.2) is 4.39 Å². The van der Waals surface area contributed by atoms with E-state index in [0.29, 0.717) is 24.3 Å². The number of H-pyrrole nitrogens is 1. The highest BCUT2D eigenvalue weighted by molar-refractivity contribution is 7.71. The molecule has 1 amide bonds. The molecular weight excluding hydrogens is 363 g/mol. The van der Waals surface area contributed by atoms with Crippen molar-refractivity contribution in [1.82, 2.24) is 19.7 Å². The molecule has 0 aliphatic carbocycles. The number of nitrogens with one attached hydrogen (secondary N) is 1. The predicted molar refractivity (Wildman–Crippen MR) is 105 cm³/mol. The second-order valence-corrected chi connectivity index (χ2v) is 6.89. The van der Waals surface area contributed by atoms with Gasteiger partial charge in [-0.2, -0.15) is 5.10 Å². The molecule has 0 fully saturated rings. The van der Waals surface area contributed by atoms with E-state index in [-0.39, 0.29) is 11.7 Å². The van der Waals surface area contributed by atoms with Crippen LogP contribution in [0.4, 0.5) is 4.39 Å². The van der Waals surface area contributed by atoms with Crippen molar-refractivity contribution in [2.75, 3.05) is 7.05 Å². The first-order valence-electron chi connectivity index (χ1n) is 8.64. The van der Waals surface area contributed by atoms with Crippen LogP contribution in [0.1, 0.15) is 17.5 Å². The summed E-state index contributed by atoms with van der Waals surface area (Å²) in [5.74, 6) is 0.418. The van der Waals surface area contributed by atoms with E-state index >= 15 is 0 Å². The normalized spacial score (nSPS) is 10.8. The van der Waals surface area contributed by atoms with E-state index in [4.69, 9.17) is 12.2 Å². The Morgan fingerprint density at radius 1 is 1.26 bits per heavy atom. The quantitative estimate of drug-likeness (QED) is 0.651. The number of carbonyl (C=O) groups is 1. The standard InChI is InChI=1S/C20H21FN4OS/c1-14-4-3-5-16(12-14)19-22-23-20(27)25(19)11-10-18(26)24(2)13-15-6-8-17(21)9-7-15/h3-9,12H,10-11,13H2,1-2H3,(H,23,27). The zero-order chi connectivity index (χ0) is 19.4. The number of carbonyl (C=O) groups excluding carboxylic acids is 1. The lowest BCUT2D eigenvalue weighted by molar-refractivity contribution is -0.130. The van der Waals surface area contributed by atoms with Gasteiger partial charge in [0.15, 0.2) is 10.6 Å². The van der Waals surface area contributed by atoms with E-state index in [0.717, 1.165) is 22.5 Å². The molecule has 0 aliphatic rings. The molecule has 0 aliphatic heterocycles. The van der Waals surface area contributed by atoms with Crippen LogP contribution in [0.15, 0.2) is 48.5 Å². The largest absolute Gasteiger partial charge is 0.341 e. The van der Waals surface area contributed by atoms with Crippen LogP contribution in [0.3, 0.4) is 0 Å². The van der Waals surface area contributed by atoms with E-state index in [1.54, 1.807) is 24.1 Å². The van der Waals surface area contributed by atoms with Gasteiger partial charge < -0.3 is 4.90 Å². The number of aromatic nitrogens is 3. The minimum atomic E-state index is -0.286. The molecule has 0 saturated carbocycles. The summed E-state index contributed by atoms with van der Waals surface area (Å²) in [5, 5.41) is 7.12. The van der Waals surface area contributed by atoms with Gasteiger partial charge in [0, 0.05) is 32.1 Å². The summed E-state index contributed by atoms with van der Waals surface area (Å²) >= 11 is 5.32. The summed E-state index contributed by atoms with van der Waals surface area (Å²) in [5.41, 5.74) is 2.96. The molecule has 1 N–H and O–H groups in total. The fraction of sp³-hybridized carbons (Fsp3) is 0.250. The SMILES string of the molecule is Cc1cccc(-c2n[nH]c(=S)n2CCC(=O)N(C)Cc2ccc(F)cc2)c1. The third-order valence-corrected chi connectivity index (χ3v) is 4.65. The van der Waals surface area contributed by atoms with Gasteiger partial charge in [-0.3, -0.25) is 14.5 Å². The average Bonchev–Trinajstić information content (AvgIpc) is 3.02. The third-order valence-electron chi connectivity index (χ3n) is 4.34. The highest BCUT2D eigenvalue weighted by Gasteiger charge is 2.13. The maximum atomic E-state index is 13.0. The van der Waals surface area contributed by atoms with Crippen LogP contribution >= 0.6 is 12.2 Å². The monoisotopic (exact) mass is 384 g/mol. The number of hydrogen-bond acceptors (Lipinski definition) is 3. The molecule has 2 aromatic carbocycles. The Balaban J connectivity index is 1.68. The number of benzene rings is 2. The van der Waals surface area contributed by atoms with E-state index in [1.165, 1.54) is 12.1 Å². The first kappa shape index (κ1) is 19.0.